The van der Waals surface area contributed by atoms with Crippen LogP contribution < -0.4 is 30.2 Å². The van der Waals surface area contributed by atoms with E-state index in [-0.39, 0.29) is 0 Å². The Kier molecular flexibility index (Phi) is 18.3. The van der Waals surface area contributed by atoms with Gasteiger partial charge in [0.1, 0.15) is 35.6 Å². The minimum atomic E-state index is -6.21. The molecule has 1 aliphatic carbocycles. The smallest absolute Gasteiger partial charge is 0.439 e. The van der Waals surface area contributed by atoms with Gasteiger partial charge in [-0.05, 0) is 36.4 Å². The maximum Gasteiger partial charge on any atom is 0.470 e. The van der Waals surface area contributed by atoms with Gasteiger partial charge in [-0.2, -0.15) is 0 Å². The van der Waals surface area contributed by atoms with E-state index >= 15 is 0 Å². The van der Waals surface area contributed by atoms with Crippen LogP contribution in [0.1, 0.15) is 51.8 Å². The lowest BCUT2D eigenvalue weighted by Crippen LogP contribution is -2.68. The van der Waals surface area contributed by atoms with Gasteiger partial charge in [-0.3, -0.25) is 58.3 Å². The number of para-hydroxylation sites is 3. The van der Waals surface area contributed by atoms with E-state index in [1.54, 1.807) is 16.0 Å². The molecule has 3 aromatic rings. The van der Waals surface area contributed by atoms with Crippen LogP contribution in [0.5, 0.6) is 17.2 Å². The molecule has 1 fully saturated rings. The Morgan fingerprint density at radius 3 is 0.841 bits per heavy atom. The summed E-state index contributed by atoms with van der Waals surface area (Å²) in [5.41, 5.74) is -1.73. The summed E-state index contributed by atoms with van der Waals surface area (Å²) in [6, 6.07) is 13.7. The zero-order valence-corrected chi connectivity index (χ0v) is 37.7. The average Bonchev–Trinajstić information content (AvgIpc) is 3.20. The molecule has 6 amide bonds. The van der Waals surface area contributed by atoms with Gasteiger partial charge in [0.2, 0.25) is 0 Å². The van der Waals surface area contributed by atoms with E-state index in [2.05, 4.69) is 13.6 Å². The Morgan fingerprint density at radius 2 is 0.609 bits per heavy atom. The molecule has 3 aromatic carbocycles. The second-order valence-electron chi connectivity index (χ2n) is 13.4. The third-order valence-corrected chi connectivity index (χ3v) is 9.81. The molecule has 4 rings (SSSR count). The summed E-state index contributed by atoms with van der Waals surface area (Å²) in [7, 11) is -18.6. The number of phosphoric acid groups is 3. The molecule has 0 bridgehead atoms. The number of rotatable bonds is 15. The highest BCUT2D eigenvalue weighted by molar-refractivity contribution is 7.47. The first-order valence-electron chi connectivity index (χ1n) is 18.6. The molecule has 6 atom stereocenters. The van der Waals surface area contributed by atoms with Crippen molar-refractivity contribution in [2.24, 2.45) is 0 Å². The average molecular weight is 1040 g/mol. The van der Waals surface area contributed by atoms with Gasteiger partial charge in [0.15, 0.2) is 18.3 Å². The van der Waals surface area contributed by atoms with Crippen molar-refractivity contribution in [3.8, 4) is 17.2 Å². The number of alkyl carbamates (subject to hydrolysis) is 3. The van der Waals surface area contributed by atoms with Gasteiger partial charge in [0.25, 0.3) is 17.7 Å². The summed E-state index contributed by atoms with van der Waals surface area (Å²) >= 11 is 0. The number of carbonyl (C=O) groups is 9. The number of hydrogen-bond donors (Lipinski definition) is 9. The van der Waals surface area contributed by atoms with Crippen molar-refractivity contribution in [3.63, 3.8) is 0 Å². The molecule has 0 unspecified atom stereocenters. The summed E-state index contributed by atoms with van der Waals surface area (Å²) in [4.78, 5) is 176. The Morgan fingerprint density at radius 1 is 0.391 bits per heavy atom. The number of ether oxygens (including phenoxy) is 6. The van der Waals surface area contributed by atoms with Crippen molar-refractivity contribution in [2.75, 3.05) is 0 Å². The molecule has 0 saturated heterocycles. The number of esters is 3. The lowest BCUT2D eigenvalue weighted by atomic mass is 9.84. The fourth-order valence-electron chi connectivity index (χ4n) is 5.99. The van der Waals surface area contributed by atoms with E-state index in [0.29, 0.717) is 0 Å². The first-order valence-corrected chi connectivity index (χ1v) is 23.2. The number of phosphoric ester groups is 3. The first-order chi connectivity index (χ1) is 32.0. The quantitative estimate of drug-likeness (QED) is 0.0444. The second-order valence-corrected chi connectivity index (χ2v) is 17.0. The van der Waals surface area contributed by atoms with Crippen LogP contribution in [-0.4, -0.2) is 120 Å². The van der Waals surface area contributed by atoms with Gasteiger partial charge in [-0.15, -0.1) is 0 Å². The van der Waals surface area contributed by atoms with Crippen molar-refractivity contribution in [3.05, 3.63) is 89.5 Å². The van der Waals surface area contributed by atoms with Crippen molar-refractivity contribution in [1.82, 2.24) is 16.0 Å². The molecule has 0 aromatic heterocycles. The van der Waals surface area contributed by atoms with Crippen LogP contribution in [0.2, 0.25) is 0 Å². The molecule has 0 spiro atoms. The summed E-state index contributed by atoms with van der Waals surface area (Å²) in [6.45, 7) is 2.81. The van der Waals surface area contributed by atoms with E-state index < -0.39 is 148 Å². The van der Waals surface area contributed by atoms with Crippen molar-refractivity contribution in [2.45, 2.75) is 57.4 Å². The summed E-state index contributed by atoms with van der Waals surface area (Å²) in [6.07, 6.45) is -24.9. The molecule has 30 nitrogen and oxygen atoms in total. The van der Waals surface area contributed by atoms with Crippen LogP contribution >= 0.6 is 23.5 Å². The van der Waals surface area contributed by atoms with Crippen LogP contribution in [0, 0.1) is 0 Å². The van der Waals surface area contributed by atoms with Gasteiger partial charge in [-0.25, -0.2) is 28.1 Å². The fraction of sp³-hybridized carbons (Fsp3) is 0.250. The van der Waals surface area contributed by atoms with Crippen molar-refractivity contribution < 1.29 is 128 Å². The fourth-order valence-corrected chi connectivity index (χ4v) is 7.66. The largest absolute Gasteiger partial charge is 0.470 e. The molecular weight excluding hydrogens is 999 g/mol. The van der Waals surface area contributed by atoms with Gasteiger partial charge < -0.3 is 57.8 Å². The third-order valence-electron chi connectivity index (χ3n) is 8.25. The molecule has 69 heavy (non-hydrogen) atoms. The van der Waals surface area contributed by atoms with Gasteiger partial charge in [-0.1, -0.05) is 36.4 Å². The zero-order valence-electron chi connectivity index (χ0n) is 35.0. The zero-order chi connectivity index (χ0) is 51.6. The Bertz CT molecular complexity index is 2540. The molecule has 33 heteroatoms. The maximum absolute atomic E-state index is 13.7. The SMILES string of the molecule is CC(=O)Oc1ccccc1C(=O)NC(=O)O[C@@H]1[C@@H](OC(=O)NC(=O)c2ccccc2OC(C)=O)[C@H](OP(=O)(O)O)[C@@H](OP(=O)(O)O)[C@@H](OP(=O)(O)O)[C@H]1OC(=O)NC(=O)c1ccccc1OC(C)=O. The number of nitrogens with one attached hydrogen (secondary N) is 3. The molecule has 0 heterocycles. The van der Waals surface area contributed by atoms with E-state index in [1.165, 1.54) is 36.4 Å². The molecular formula is C36H36N3O27P3. The minimum Gasteiger partial charge on any atom is -0.439 e. The van der Waals surface area contributed by atoms with Gasteiger partial charge in [0, 0.05) is 20.8 Å². The van der Waals surface area contributed by atoms with Crippen molar-refractivity contribution >= 4 is 77.4 Å². The minimum absolute atomic E-state index is 0.466. The summed E-state index contributed by atoms with van der Waals surface area (Å²) in [5, 5.41) is 4.75. The second kappa shape index (κ2) is 23.0. The molecule has 0 aliphatic heterocycles. The van der Waals surface area contributed by atoms with Crippen LogP contribution in [0.15, 0.2) is 72.8 Å². The Balaban J connectivity index is 1.92. The highest BCUT2D eigenvalue weighted by atomic mass is 31.2. The highest BCUT2D eigenvalue weighted by Gasteiger charge is 2.62. The first kappa shape index (κ1) is 54.8. The monoisotopic (exact) mass is 1040 g/mol. The molecule has 372 valence electrons. The lowest BCUT2D eigenvalue weighted by Gasteiger charge is -2.47. The standard InChI is InChI=1S/C36H36N3O27P3/c1-16(40)58-22-13-7-4-10-19(22)31(43)37-34(46)61-25-26(62-35(47)38-32(44)20-11-5-8-14-23(20)59-17(2)41)28(64-67(49,50)51)30(66-69(55,56)57)29(65-68(52,53)54)27(25)63-36(48)39-33(45)21-12-6-9-15-24(21)60-18(3)42/h4-15,25-30H,1-3H3,(H,37,43,46)(H,38,44,47)(H,39,45,48)(H2,49,50,51)(H2,52,53,54)(H2,55,56,57)/t25-,26-,27+,28-,29-,30-/m0/s1. The number of imide groups is 3. The predicted octanol–water partition coefficient (Wildman–Crippen LogP) is 1.02. The van der Waals surface area contributed by atoms with E-state index in [4.69, 9.17) is 28.4 Å². The third kappa shape index (κ3) is 16.7. The van der Waals surface area contributed by atoms with Crippen LogP contribution in [0.3, 0.4) is 0 Å². The topological polar surface area (TPSA) is 445 Å². The maximum atomic E-state index is 13.7. The lowest BCUT2D eigenvalue weighted by molar-refractivity contribution is -0.211. The summed E-state index contributed by atoms with van der Waals surface area (Å²) in [5.74, 6) is -8.74. The van der Waals surface area contributed by atoms with Crippen molar-refractivity contribution in [1.29, 1.82) is 0 Å². The predicted molar refractivity (Wildman–Crippen MR) is 217 cm³/mol. The Hall–Kier alpha value is -6.78. The summed E-state index contributed by atoms with van der Waals surface area (Å²) < 4.78 is 81.5. The van der Waals surface area contributed by atoms with Crippen LogP contribution in [0.25, 0.3) is 0 Å². The molecule has 1 saturated carbocycles. The van der Waals surface area contributed by atoms with Gasteiger partial charge in [0.05, 0.1) is 16.7 Å². The van der Waals surface area contributed by atoms with E-state index in [9.17, 15) is 86.2 Å². The number of hydrogen-bond acceptors (Lipinski definition) is 21. The molecule has 0 radical (unpaired) electrons. The molecule has 1 aliphatic rings. The number of benzene rings is 3. The highest BCUT2D eigenvalue weighted by Crippen LogP contribution is 2.51. The number of carbonyl (C=O) groups excluding carboxylic acids is 9. The number of amides is 6. The Labute approximate surface area is 385 Å². The van der Waals surface area contributed by atoms with E-state index in [1.807, 2.05) is 0 Å². The molecule has 9 N–H and O–H groups in total. The normalized spacial score (nSPS) is 19.1. The van der Waals surface area contributed by atoms with Crippen LogP contribution in [0.4, 0.5) is 14.4 Å². The van der Waals surface area contributed by atoms with E-state index in [0.717, 1.165) is 57.2 Å². The van der Waals surface area contributed by atoms with Gasteiger partial charge >= 0.3 is 59.7 Å². The van der Waals surface area contributed by atoms with Crippen LogP contribution in [-0.2, 0) is 55.9 Å².